The maximum absolute atomic E-state index is 13.2. The molecule has 3 heterocycles. The van der Waals surface area contributed by atoms with Crippen LogP contribution in [0.3, 0.4) is 0 Å². The van der Waals surface area contributed by atoms with Gasteiger partial charge >= 0.3 is 5.97 Å². The zero-order valence-electron chi connectivity index (χ0n) is 15.7. The summed E-state index contributed by atoms with van der Waals surface area (Å²) in [7, 11) is 0. The van der Waals surface area contributed by atoms with Crippen LogP contribution in [0, 0.1) is 10.1 Å². The van der Waals surface area contributed by atoms with Crippen LogP contribution in [0.15, 0.2) is 24.3 Å². The van der Waals surface area contributed by atoms with E-state index in [2.05, 4.69) is 0 Å². The number of nitro groups is 1. The van der Waals surface area contributed by atoms with Crippen molar-refractivity contribution < 1.29 is 24.0 Å². The molecule has 10 nitrogen and oxygen atoms in total. The van der Waals surface area contributed by atoms with Crippen LogP contribution in [-0.4, -0.2) is 82.2 Å². The van der Waals surface area contributed by atoms with E-state index in [1.165, 1.54) is 23.9 Å². The Bertz CT molecular complexity index is 815. The highest BCUT2D eigenvalue weighted by atomic mass is 32.2. The number of thioether (sulfide) groups is 1. The van der Waals surface area contributed by atoms with E-state index in [-0.39, 0.29) is 30.1 Å². The minimum atomic E-state index is -0.957. The van der Waals surface area contributed by atoms with Gasteiger partial charge in [0.25, 0.3) is 5.69 Å². The molecule has 156 valence electrons. The quantitative estimate of drug-likeness (QED) is 0.301. The van der Waals surface area contributed by atoms with Gasteiger partial charge in [0.1, 0.15) is 23.6 Å². The second kappa shape index (κ2) is 7.90. The molecule has 3 aliphatic rings. The van der Waals surface area contributed by atoms with Crippen LogP contribution in [0.2, 0.25) is 0 Å². The first-order valence-electron chi connectivity index (χ1n) is 9.33. The predicted octanol–water partition coefficient (Wildman–Crippen LogP) is -0.0486. The molecule has 11 heteroatoms. The number of carbonyl (C=O) groups is 2. The topological polar surface area (TPSA) is 128 Å². The number of nitrogens with zero attached hydrogens (tertiary/aromatic N) is 3. The predicted molar refractivity (Wildman–Crippen MR) is 104 cm³/mol. The second-order valence-corrected chi connectivity index (χ2v) is 8.43. The zero-order chi connectivity index (χ0) is 20.6. The Balaban J connectivity index is 1.49. The van der Waals surface area contributed by atoms with Gasteiger partial charge in [-0.1, -0.05) is 0 Å². The molecular formula is C18H22N4O6S. The highest BCUT2D eigenvalue weighted by Crippen LogP contribution is 2.40. The second-order valence-electron chi connectivity index (χ2n) is 7.32. The first kappa shape index (κ1) is 20.1. The first-order valence-corrected chi connectivity index (χ1v) is 10.4. The van der Waals surface area contributed by atoms with Gasteiger partial charge in [0.05, 0.1) is 24.7 Å². The van der Waals surface area contributed by atoms with Gasteiger partial charge in [0, 0.05) is 31.0 Å². The Labute approximate surface area is 171 Å². The van der Waals surface area contributed by atoms with Crippen molar-refractivity contribution in [1.82, 2.24) is 9.80 Å². The molecule has 3 aliphatic heterocycles. The van der Waals surface area contributed by atoms with Gasteiger partial charge in [-0.3, -0.25) is 19.8 Å². The third-order valence-corrected chi connectivity index (χ3v) is 7.15. The Hall–Kier alpha value is -2.21. The highest BCUT2D eigenvalue weighted by Gasteiger charge is 2.58. The summed E-state index contributed by atoms with van der Waals surface area (Å²) in [5.74, 6) is -0.0752. The number of nitro benzene ring substituents is 1. The molecule has 3 saturated heterocycles. The standard InChI is InChI=1S/C18H22N4O6S/c19-14-15(23)21-10-18(11-29-16(14)21,20-5-7-27-8-6-20)17(24)28-9-12-1-3-13(4-2-12)22(25)26/h1-4,14,16H,5-11,19H2/t14?,16-,18?/m1/s1. The molecular weight excluding hydrogens is 400 g/mol. The van der Waals surface area contributed by atoms with Crippen molar-refractivity contribution in [2.45, 2.75) is 23.6 Å². The van der Waals surface area contributed by atoms with Crippen LogP contribution >= 0.6 is 11.8 Å². The van der Waals surface area contributed by atoms with Crippen molar-refractivity contribution >= 4 is 29.3 Å². The van der Waals surface area contributed by atoms with Crippen LogP contribution in [0.5, 0.6) is 0 Å². The van der Waals surface area contributed by atoms with Crippen molar-refractivity contribution in [3.63, 3.8) is 0 Å². The Morgan fingerprint density at radius 1 is 1.34 bits per heavy atom. The van der Waals surface area contributed by atoms with E-state index < -0.39 is 22.5 Å². The Morgan fingerprint density at radius 2 is 2.03 bits per heavy atom. The smallest absolute Gasteiger partial charge is 0.329 e. The zero-order valence-corrected chi connectivity index (χ0v) is 16.5. The molecule has 2 N–H and O–H groups in total. The molecule has 2 unspecified atom stereocenters. The molecule has 0 saturated carbocycles. The number of non-ortho nitro benzene ring substituents is 1. The van der Waals surface area contributed by atoms with E-state index in [9.17, 15) is 19.7 Å². The van der Waals surface area contributed by atoms with Crippen molar-refractivity contribution in [3.8, 4) is 0 Å². The monoisotopic (exact) mass is 422 g/mol. The fourth-order valence-corrected chi connectivity index (χ4v) is 5.42. The minimum absolute atomic E-state index is 0.00444. The van der Waals surface area contributed by atoms with E-state index in [4.69, 9.17) is 15.2 Å². The largest absolute Gasteiger partial charge is 0.459 e. The van der Waals surface area contributed by atoms with Gasteiger partial charge in [-0.05, 0) is 17.7 Å². The molecule has 0 aliphatic carbocycles. The number of benzene rings is 1. The number of amides is 1. The first-order chi connectivity index (χ1) is 13.9. The molecule has 1 aromatic rings. The van der Waals surface area contributed by atoms with Gasteiger partial charge in [0.15, 0.2) is 0 Å². The van der Waals surface area contributed by atoms with E-state index in [0.29, 0.717) is 37.6 Å². The summed E-state index contributed by atoms with van der Waals surface area (Å²) in [4.78, 5) is 39.4. The average Bonchev–Trinajstić information content (AvgIpc) is 2.77. The lowest BCUT2D eigenvalue weighted by Gasteiger charge is -2.56. The van der Waals surface area contributed by atoms with Crippen LogP contribution in [0.1, 0.15) is 5.56 Å². The van der Waals surface area contributed by atoms with Crippen LogP contribution in [0.25, 0.3) is 0 Å². The average molecular weight is 422 g/mol. The fourth-order valence-electron chi connectivity index (χ4n) is 3.90. The minimum Gasteiger partial charge on any atom is -0.459 e. The summed E-state index contributed by atoms with van der Waals surface area (Å²) in [5, 5.41) is 10.7. The maximum atomic E-state index is 13.2. The summed E-state index contributed by atoms with van der Waals surface area (Å²) < 4.78 is 11.0. The van der Waals surface area contributed by atoms with Crippen LogP contribution in [0.4, 0.5) is 5.69 Å². The number of ether oxygens (including phenoxy) is 2. The summed E-state index contributed by atoms with van der Waals surface area (Å²) >= 11 is 1.50. The molecule has 29 heavy (non-hydrogen) atoms. The molecule has 1 amide bonds. The number of carbonyl (C=O) groups excluding carboxylic acids is 2. The van der Waals surface area contributed by atoms with Crippen LogP contribution < -0.4 is 5.73 Å². The summed E-state index contributed by atoms with van der Waals surface area (Å²) in [6.45, 7) is 2.43. The number of morpholine rings is 1. The van der Waals surface area contributed by atoms with Crippen molar-refractivity contribution in [3.05, 3.63) is 39.9 Å². The van der Waals surface area contributed by atoms with Gasteiger partial charge in [-0.2, -0.15) is 0 Å². The van der Waals surface area contributed by atoms with Crippen molar-refractivity contribution in [1.29, 1.82) is 0 Å². The summed E-state index contributed by atoms with van der Waals surface area (Å²) in [5.41, 5.74) is 5.56. The molecule has 1 aromatic carbocycles. The summed E-state index contributed by atoms with van der Waals surface area (Å²) in [6, 6.07) is 5.37. The fraction of sp³-hybridized carbons (Fsp3) is 0.556. The van der Waals surface area contributed by atoms with E-state index in [1.54, 1.807) is 17.0 Å². The Morgan fingerprint density at radius 3 is 2.69 bits per heavy atom. The SMILES string of the molecule is NC1C(=O)N2CC(C(=O)OCc3ccc([N+](=O)[O-])cc3)(N3CCOCC3)CS[C@H]12. The van der Waals surface area contributed by atoms with Crippen LogP contribution in [-0.2, 0) is 25.7 Å². The molecule has 0 spiro atoms. The third-order valence-electron chi connectivity index (χ3n) is 5.62. The molecule has 4 rings (SSSR count). The number of nitrogens with two attached hydrogens (primary N) is 1. The van der Waals surface area contributed by atoms with E-state index in [1.807, 2.05) is 4.90 Å². The normalized spacial score (nSPS) is 29.7. The lowest BCUT2D eigenvalue weighted by molar-refractivity contribution is -0.384. The molecule has 3 atom stereocenters. The number of esters is 1. The summed E-state index contributed by atoms with van der Waals surface area (Å²) in [6.07, 6.45) is 0. The number of hydrogen-bond donors (Lipinski definition) is 1. The van der Waals surface area contributed by atoms with Crippen molar-refractivity contribution in [2.24, 2.45) is 5.73 Å². The van der Waals surface area contributed by atoms with Gasteiger partial charge < -0.3 is 20.1 Å². The number of fused-ring (bicyclic) bond motifs is 1. The van der Waals surface area contributed by atoms with E-state index >= 15 is 0 Å². The van der Waals surface area contributed by atoms with E-state index in [0.717, 1.165) is 0 Å². The molecule has 0 radical (unpaired) electrons. The lowest BCUT2D eigenvalue weighted by atomic mass is 9.94. The van der Waals surface area contributed by atoms with Crippen molar-refractivity contribution in [2.75, 3.05) is 38.6 Å². The highest BCUT2D eigenvalue weighted by molar-refractivity contribution is 8.00. The number of rotatable bonds is 5. The molecule has 0 bridgehead atoms. The maximum Gasteiger partial charge on any atom is 0.329 e. The Kier molecular flexibility index (Phi) is 5.47. The number of hydrogen-bond acceptors (Lipinski definition) is 9. The van der Waals surface area contributed by atoms with Gasteiger partial charge in [-0.15, -0.1) is 11.8 Å². The number of β-lactam (4-membered cyclic amide) rings is 1. The van der Waals surface area contributed by atoms with Gasteiger partial charge in [-0.25, -0.2) is 4.79 Å². The lowest BCUT2D eigenvalue weighted by Crippen LogP contribution is -2.77. The third kappa shape index (κ3) is 3.59. The molecule has 3 fully saturated rings. The van der Waals surface area contributed by atoms with Gasteiger partial charge in [0.2, 0.25) is 5.91 Å². The molecule has 0 aromatic heterocycles.